The highest BCUT2D eigenvalue weighted by Crippen LogP contribution is 2.29. The summed E-state index contributed by atoms with van der Waals surface area (Å²) in [6.45, 7) is 0. The van der Waals surface area contributed by atoms with Crippen molar-refractivity contribution in [2.75, 3.05) is 0 Å². The molecule has 0 saturated heterocycles. The van der Waals surface area contributed by atoms with Crippen molar-refractivity contribution < 1.29 is 13.9 Å². The summed E-state index contributed by atoms with van der Waals surface area (Å²) < 4.78 is 28.9. The van der Waals surface area contributed by atoms with Crippen LogP contribution in [0, 0.1) is 11.6 Å². The molecule has 0 aliphatic heterocycles. The zero-order valence-corrected chi connectivity index (χ0v) is 10.4. The van der Waals surface area contributed by atoms with Crippen molar-refractivity contribution in [2.45, 2.75) is 6.10 Å². The second-order valence-electron chi connectivity index (χ2n) is 3.56. The summed E-state index contributed by atoms with van der Waals surface area (Å²) >= 11 is 2.95. The van der Waals surface area contributed by atoms with Crippen molar-refractivity contribution in [1.82, 2.24) is 9.55 Å². The first-order valence-electron chi connectivity index (χ1n) is 4.81. The molecule has 1 N–H and O–H groups in total. The van der Waals surface area contributed by atoms with Crippen molar-refractivity contribution in [3.63, 3.8) is 0 Å². The number of aromatic nitrogens is 2. The molecule has 0 bridgehead atoms. The maximum absolute atomic E-state index is 13.8. The van der Waals surface area contributed by atoms with Gasteiger partial charge in [0.2, 0.25) is 0 Å². The average molecular weight is 303 g/mol. The van der Waals surface area contributed by atoms with E-state index in [0.29, 0.717) is 0 Å². The third-order valence-electron chi connectivity index (χ3n) is 2.46. The van der Waals surface area contributed by atoms with Crippen LogP contribution in [-0.4, -0.2) is 14.7 Å². The van der Waals surface area contributed by atoms with E-state index in [-0.39, 0.29) is 10.3 Å². The highest BCUT2D eigenvalue weighted by molar-refractivity contribution is 9.10. The van der Waals surface area contributed by atoms with Crippen LogP contribution in [0.15, 0.2) is 29.0 Å². The van der Waals surface area contributed by atoms with E-state index in [1.807, 2.05) is 0 Å². The monoisotopic (exact) mass is 302 g/mol. The van der Waals surface area contributed by atoms with Gasteiger partial charge in [-0.05, 0) is 28.1 Å². The summed E-state index contributed by atoms with van der Waals surface area (Å²) in [6.07, 6.45) is 1.60. The second kappa shape index (κ2) is 4.54. The predicted molar refractivity (Wildman–Crippen MR) is 61.3 cm³/mol. The van der Waals surface area contributed by atoms with Crippen LogP contribution in [0.1, 0.15) is 17.5 Å². The Balaban J connectivity index is 2.55. The van der Waals surface area contributed by atoms with E-state index in [1.54, 1.807) is 13.2 Å². The number of imidazole rings is 1. The Morgan fingerprint density at radius 3 is 2.71 bits per heavy atom. The van der Waals surface area contributed by atoms with Crippen LogP contribution in [0.3, 0.4) is 0 Å². The maximum atomic E-state index is 13.8. The molecule has 1 aromatic heterocycles. The van der Waals surface area contributed by atoms with Gasteiger partial charge in [0.25, 0.3) is 0 Å². The topological polar surface area (TPSA) is 38.0 Å². The zero-order valence-electron chi connectivity index (χ0n) is 8.86. The Bertz CT molecular complexity index is 556. The summed E-state index contributed by atoms with van der Waals surface area (Å²) in [5, 5.41) is 9.96. The number of aliphatic hydroxyl groups is 1. The minimum atomic E-state index is -1.44. The van der Waals surface area contributed by atoms with Gasteiger partial charge in [-0.3, -0.25) is 0 Å². The Kier molecular flexibility index (Phi) is 3.26. The number of aryl methyl sites for hydroxylation is 1. The lowest BCUT2D eigenvalue weighted by molar-refractivity contribution is 0.195. The number of rotatable bonds is 2. The molecule has 0 aliphatic carbocycles. The Labute approximate surface area is 105 Å². The predicted octanol–water partition coefficient (Wildman–Crippen LogP) is 2.54. The van der Waals surface area contributed by atoms with Crippen LogP contribution >= 0.6 is 15.9 Å². The van der Waals surface area contributed by atoms with E-state index < -0.39 is 23.3 Å². The Morgan fingerprint density at radius 2 is 2.12 bits per heavy atom. The van der Waals surface area contributed by atoms with Crippen molar-refractivity contribution in [2.24, 2.45) is 7.05 Å². The van der Waals surface area contributed by atoms with Crippen molar-refractivity contribution >= 4 is 15.9 Å². The molecule has 0 amide bonds. The second-order valence-corrected chi connectivity index (χ2v) is 4.41. The first kappa shape index (κ1) is 12.2. The van der Waals surface area contributed by atoms with Gasteiger partial charge in [-0.25, -0.2) is 13.8 Å². The number of hydrogen-bond acceptors (Lipinski definition) is 2. The fourth-order valence-electron chi connectivity index (χ4n) is 1.56. The molecule has 0 spiro atoms. The normalized spacial score (nSPS) is 12.8. The summed E-state index contributed by atoms with van der Waals surface area (Å²) in [6, 6.07) is 2.34. The zero-order chi connectivity index (χ0) is 12.6. The lowest BCUT2D eigenvalue weighted by Crippen LogP contribution is -2.11. The lowest BCUT2D eigenvalue weighted by Gasteiger charge is -2.13. The van der Waals surface area contributed by atoms with Crippen LogP contribution in [0.25, 0.3) is 0 Å². The van der Waals surface area contributed by atoms with Gasteiger partial charge in [0, 0.05) is 19.4 Å². The van der Waals surface area contributed by atoms with Gasteiger partial charge in [-0.15, -0.1) is 0 Å². The third kappa shape index (κ3) is 2.10. The molecule has 1 unspecified atom stereocenters. The highest BCUT2D eigenvalue weighted by Gasteiger charge is 2.24. The minimum Gasteiger partial charge on any atom is -0.380 e. The Morgan fingerprint density at radius 1 is 1.41 bits per heavy atom. The summed E-state index contributed by atoms with van der Waals surface area (Å²) in [7, 11) is 1.64. The van der Waals surface area contributed by atoms with E-state index in [1.165, 1.54) is 16.8 Å². The first-order chi connectivity index (χ1) is 8.02. The van der Waals surface area contributed by atoms with Crippen molar-refractivity contribution in [3.05, 3.63) is 52.0 Å². The van der Waals surface area contributed by atoms with Crippen molar-refractivity contribution in [1.29, 1.82) is 0 Å². The number of hydrogen-bond donors (Lipinski definition) is 1. The van der Waals surface area contributed by atoms with Crippen LogP contribution in [0.4, 0.5) is 8.78 Å². The van der Waals surface area contributed by atoms with Gasteiger partial charge in [-0.1, -0.05) is 0 Å². The van der Waals surface area contributed by atoms with E-state index in [9.17, 15) is 13.9 Å². The van der Waals surface area contributed by atoms with Gasteiger partial charge in [0.05, 0.1) is 10.0 Å². The van der Waals surface area contributed by atoms with Gasteiger partial charge >= 0.3 is 0 Å². The minimum absolute atomic E-state index is 0.0992. The molecule has 2 rings (SSSR count). The van der Waals surface area contributed by atoms with E-state index in [0.717, 1.165) is 6.07 Å². The molecule has 6 heteroatoms. The number of halogens is 3. The largest absolute Gasteiger partial charge is 0.380 e. The average Bonchev–Trinajstić information content (AvgIpc) is 2.70. The molecular formula is C11H9BrF2N2O. The fourth-order valence-corrected chi connectivity index (χ4v) is 1.91. The quantitative estimate of drug-likeness (QED) is 0.866. The molecule has 0 fully saturated rings. The molecule has 1 heterocycles. The molecule has 90 valence electrons. The SMILES string of the molecule is Cn1ccnc1C(O)c1c(F)ccc(Br)c1F. The smallest absolute Gasteiger partial charge is 0.146 e. The fraction of sp³-hybridized carbons (Fsp3) is 0.182. The van der Waals surface area contributed by atoms with E-state index in [4.69, 9.17) is 0 Å². The first-order valence-corrected chi connectivity index (χ1v) is 5.60. The molecular weight excluding hydrogens is 294 g/mol. The third-order valence-corrected chi connectivity index (χ3v) is 3.07. The maximum Gasteiger partial charge on any atom is 0.146 e. The summed E-state index contributed by atoms with van der Waals surface area (Å²) in [4.78, 5) is 3.87. The van der Waals surface area contributed by atoms with Gasteiger partial charge in [0.15, 0.2) is 0 Å². The summed E-state index contributed by atoms with van der Waals surface area (Å²) in [5.41, 5.74) is -0.409. The lowest BCUT2D eigenvalue weighted by atomic mass is 10.1. The van der Waals surface area contributed by atoms with Gasteiger partial charge < -0.3 is 9.67 Å². The van der Waals surface area contributed by atoms with E-state index >= 15 is 0 Å². The standard InChI is InChI=1S/C11H9BrF2N2O/c1-16-5-4-15-11(16)10(17)8-7(13)3-2-6(12)9(8)14/h2-5,10,17H,1H3. The molecule has 3 nitrogen and oxygen atoms in total. The van der Waals surface area contributed by atoms with Crippen LogP contribution in [0.2, 0.25) is 0 Å². The van der Waals surface area contributed by atoms with Crippen molar-refractivity contribution in [3.8, 4) is 0 Å². The molecule has 2 aromatic rings. The molecule has 0 saturated carbocycles. The molecule has 0 radical (unpaired) electrons. The molecule has 1 atom stereocenters. The molecule has 1 aromatic carbocycles. The van der Waals surface area contributed by atoms with Crippen LogP contribution < -0.4 is 0 Å². The number of aliphatic hydroxyl groups excluding tert-OH is 1. The van der Waals surface area contributed by atoms with Crippen LogP contribution in [0.5, 0.6) is 0 Å². The van der Waals surface area contributed by atoms with Crippen LogP contribution in [-0.2, 0) is 7.05 Å². The number of benzene rings is 1. The molecule has 0 aliphatic rings. The van der Waals surface area contributed by atoms with Gasteiger partial charge in [0.1, 0.15) is 23.6 Å². The van der Waals surface area contributed by atoms with Gasteiger partial charge in [-0.2, -0.15) is 0 Å². The molecule has 17 heavy (non-hydrogen) atoms. The van der Waals surface area contributed by atoms with E-state index in [2.05, 4.69) is 20.9 Å². The number of nitrogens with zero attached hydrogens (tertiary/aromatic N) is 2. The Hall–Kier alpha value is -1.27. The summed E-state index contributed by atoms with van der Waals surface area (Å²) in [5.74, 6) is -1.44. The highest BCUT2D eigenvalue weighted by atomic mass is 79.9.